The predicted molar refractivity (Wildman–Crippen MR) is 86.5 cm³/mol. The van der Waals surface area contributed by atoms with E-state index in [0.29, 0.717) is 24.9 Å². The summed E-state index contributed by atoms with van der Waals surface area (Å²) in [6.45, 7) is 4.62. The van der Waals surface area contributed by atoms with Crippen molar-refractivity contribution in [2.24, 2.45) is 0 Å². The highest BCUT2D eigenvalue weighted by Crippen LogP contribution is 2.32. The first kappa shape index (κ1) is 18.3. The molecule has 1 saturated carbocycles. The van der Waals surface area contributed by atoms with Crippen molar-refractivity contribution < 1.29 is 27.8 Å². The number of aromatic nitrogens is 1. The van der Waals surface area contributed by atoms with E-state index in [1.807, 2.05) is 11.8 Å². The Hall–Kier alpha value is -1.54. The van der Waals surface area contributed by atoms with Crippen LogP contribution in [0.4, 0.5) is 19.0 Å². The molecule has 1 aromatic rings. The zero-order valence-corrected chi connectivity index (χ0v) is 14.7. The third-order valence-corrected chi connectivity index (χ3v) is 5.14. The average Bonchev–Trinajstić information content (AvgIpc) is 3.37. The number of rotatable bonds is 4. The maximum atomic E-state index is 12.7. The van der Waals surface area contributed by atoms with Crippen LogP contribution in [0.25, 0.3) is 0 Å². The highest BCUT2D eigenvalue weighted by molar-refractivity contribution is 6.32. The number of hydrogen-bond donors (Lipinski definition) is 2. The highest BCUT2D eigenvalue weighted by atomic mass is 35.5. The van der Waals surface area contributed by atoms with Gasteiger partial charge in [0.1, 0.15) is 37.4 Å². The molecule has 1 aromatic heterocycles. The Morgan fingerprint density at radius 3 is 2.56 bits per heavy atom. The monoisotopic (exact) mass is 378 g/mol. The van der Waals surface area contributed by atoms with Crippen LogP contribution in [0.15, 0.2) is 12.3 Å². The van der Waals surface area contributed by atoms with Gasteiger partial charge in [0.2, 0.25) is 0 Å². The molecule has 2 heterocycles. The van der Waals surface area contributed by atoms with E-state index >= 15 is 0 Å². The number of aromatic amines is 1. The summed E-state index contributed by atoms with van der Waals surface area (Å²) in [5.41, 5.74) is -0.795. The normalized spacial score (nSPS) is 20.4. The number of quaternary nitrogens is 1. The van der Waals surface area contributed by atoms with Crippen molar-refractivity contribution in [3.63, 3.8) is 0 Å². The van der Waals surface area contributed by atoms with Crippen molar-refractivity contribution in [3.05, 3.63) is 22.8 Å². The number of nitrogens with one attached hydrogen (secondary N) is 3. The number of anilines is 1. The molecule has 25 heavy (non-hydrogen) atoms. The number of hydrogen-bond acceptors (Lipinski definition) is 2. The smallest absolute Gasteiger partial charge is 0.348 e. The lowest BCUT2D eigenvalue weighted by atomic mass is 10.2. The Morgan fingerprint density at radius 1 is 1.40 bits per heavy atom. The van der Waals surface area contributed by atoms with Gasteiger partial charge in [-0.15, -0.1) is 0 Å². The van der Waals surface area contributed by atoms with Gasteiger partial charge < -0.3 is 10.2 Å². The third-order valence-electron chi connectivity index (χ3n) is 4.85. The lowest BCUT2D eigenvalue weighted by Gasteiger charge is -2.31. The minimum absolute atomic E-state index is 0.0535. The van der Waals surface area contributed by atoms with Crippen molar-refractivity contribution in [1.29, 1.82) is 0 Å². The number of piperazine rings is 1. The Labute approximate surface area is 149 Å². The summed E-state index contributed by atoms with van der Waals surface area (Å²) >= 11 is 6.04. The molecule has 0 radical (unpaired) electrons. The van der Waals surface area contributed by atoms with Gasteiger partial charge in [0.05, 0.1) is 5.56 Å². The lowest BCUT2D eigenvalue weighted by molar-refractivity contribution is -0.914. The van der Waals surface area contributed by atoms with Crippen molar-refractivity contribution >= 4 is 23.3 Å². The van der Waals surface area contributed by atoms with Gasteiger partial charge in [-0.25, -0.2) is 9.88 Å². The SMILES string of the molecule is C[C@H](C(=O)NC1CC1)[NH+]1CCN(c2[nH+]cc(C(F)(F)F)cc2Cl)CC1. The van der Waals surface area contributed by atoms with Crippen molar-refractivity contribution in [2.45, 2.75) is 38.0 Å². The maximum Gasteiger partial charge on any atom is 0.419 e. The van der Waals surface area contributed by atoms with Crippen LogP contribution >= 0.6 is 11.6 Å². The molecule has 0 spiro atoms. The molecule has 1 aliphatic heterocycles. The number of carbonyl (C=O) groups excluding carboxylic acids is 1. The second-order valence-corrected chi connectivity index (χ2v) is 7.14. The largest absolute Gasteiger partial charge is 0.419 e. The molecule has 5 nitrogen and oxygen atoms in total. The molecule has 1 amide bonds. The maximum absolute atomic E-state index is 12.7. The summed E-state index contributed by atoms with van der Waals surface area (Å²) < 4.78 is 38.2. The Balaban J connectivity index is 1.59. The van der Waals surface area contributed by atoms with Crippen LogP contribution in [-0.2, 0) is 11.0 Å². The molecule has 3 rings (SSSR count). The van der Waals surface area contributed by atoms with Gasteiger partial charge >= 0.3 is 6.18 Å². The highest BCUT2D eigenvalue weighted by Gasteiger charge is 2.37. The van der Waals surface area contributed by atoms with Crippen molar-refractivity contribution in [3.8, 4) is 0 Å². The van der Waals surface area contributed by atoms with E-state index in [9.17, 15) is 18.0 Å². The van der Waals surface area contributed by atoms with Gasteiger partial charge in [-0.2, -0.15) is 13.2 Å². The molecular formula is C16H22ClF3N4O+2. The van der Waals surface area contributed by atoms with Gasteiger partial charge in [-0.1, -0.05) is 11.6 Å². The standard InChI is InChI=1S/C16H20ClF3N4O/c1-10(15(25)22-12-2-3-12)23-4-6-24(7-5-23)14-13(17)8-11(9-21-14)16(18,19)20/h8-10,12H,2-7H2,1H3,(H,22,25)/p+2/t10-/m1/s1. The van der Waals surface area contributed by atoms with Gasteiger partial charge in [0.15, 0.2) is 6.04 Å². The zero-order valence-electron chi connectivity index (χ0n) is 13.9. The Morgan fingerprint density at radius 2 is 2.04 bits per heavy atom. The summed E-state index contributed by atoms with van der Waals surface area (Å²) in [5, 5.41) is 3.07. The summed E-state index contributed by atoms with van der Waals surface area (Å²) in [7, 11) is 0. The molecule has 0 bridgehead atoms. The Kier molecular flexibility index (Phi) is 5.11. The van der Waals surface area contributed by atoms with Crippen molar-refractivity contribution in [2.75, 3.05) is 31.1 Å². The number of pyridine rings is 1. The third kappa shape index (κ3) is 4.36. The van der Waals surface area contributed by atoms with Crippen LogP contribution < -0.4 is 20.1 Å². The molecule has 1 aliphatic carbocycles. The molecule has 0 unspecified atom stereocenters. The predicted octanol–water partition coefficient (Wildman–Crippen LogP) is 0.545. The van der Waals surface area contributed by atoms with Crippen LogP contribution in [0.1, 0.15) is 25.3 Å². The van der Waals surface area contributed by atoms with E-state index in [4.69, 9.17) is 11.6 Å². The fourth-order valence-electron chi connectivity index (χ4n) is 3.06. The molecular weight excluding hydrogens is 357 g/mol. The summed E-state index contributed by atoms with van der Waals surface area (Å²) in [5.74, 6) is 0.564. The lowest BCUT2D eigenvalue weighted by Crippen LogP contribution is -3.19. The molecule has 0 aromatic carbocycles. The van der Waals surface area contributed by atoms with E-state index in [1.54, 1.807) is 0 Å². The summed E-state index contributed by atoms with van der Waals surface area (Å²) in [4.78, 5) is 17.9. The first-order valence-electron chi connectivity index (χ1n) is 8.44. The number of H-pyrrole nitrogens is 1. The van der Waals surface area contributed by atoms with E-state index in [-0.39, 0.29) is 17.0 Å². The second-order valence-electron chi connectivity index (χ2n) is 6.73. The number of nitrogens with zero attached hydrogens (tertiary/aromatic N) is 1. The minimum Gasteiger partial charge on any atom is -0.348 e. The number of amides is 1. The first-order chi connectivity index (χ1) is 11.8. The second kappa shape index (κ2) is 6.99. The molecule has 1 atom stereocenters. The van der Waals surface area contributed by atoms with Crippen LogP contribution in [0.2, 0.25) is 5.02 Å². The van der Waals surface area contributed by atoms with Gasteiger partial charge in [0, 0.05) is 6.04 Å². The number of carbonyl (C=O) groups is 1. The van der Waals surface area contributed by atoms with E-state index in [1.165, 1.54) is 4.90 Å². The average molecular weight is 379 g/mol. The molecule has 2 aliphatic rings. The van der Waals surface area contributed by atoms with Crippen LogP contribution in [0, 0.1) is 0 Å². The van der Waals surface area contributed by atoms with Crippen LogP contribution in [-0.4, -0.2) is 44.2 Å². The molecule has 1 saturated heterocycles. The minimum atomic E-state index is -4.42. The van der Waals surface area contributed by atoms with E-state index in [0.717, 1.165) is 38.2 Å². The van der Waals surface area contributed by atoms with E-state index < -0.39 is 11.7 Å². The zero-order chi connectivity index (χ0) is 18.2. The van der Waals surface area contributed by atoms with Crippen molar-refractivity contribution in [1.82, 2.24) is 5.32 Å². The molecule has 3 N–H and O–H groups in total. The number of alkyl halides is 3. The molecule has 138 valence electrons. The van der Waals surface area contributed by atoms with Crippen LogP contribution in [0.5, 0.6) is 0 Å². The Bertz CT molecular complexity index is 643. The first-order valence-corrected chi connectivity index (χ1v) is 8.82. The van der Waals surface area contributed by atoms with Gasteiger partial charge in [0.25, 0.3) is 11.7 Å². The topological polar surface area (TPSA) is 50.9 Å². The fraction of sp³-hybridized carbons (Fsp3) is 0.625. The molecule has 9 heteroatoms. The number of halogens is 4. The fourth-order valence-corrected chi connectivity index (χ4v) is 3.35. The molecule has 2 fully saturated rings. The van der Waals surface area contributed by atoms with Gasteiger partial charge in [-0.05, 0) is 25.8 Å². The van der Waals surface area contributed by atoms with Crippen LogP contribution in [0.3, 0.4) is 0 Å². The summed E-state index contributed by atoms with van der Waals surface area (Å²) in [6.07, 6.45) is -1.37. The van der Waals surface area contributed by atoms with E-state index in [2.05, 4.69) is 10.3 Å². The summed E-state index contributed by atoms with van der Waals surface area (Å²) in [6, 6.07) is 1.16. The van der Waals surface area contributed by atoms with Gasteiger partial charge in [-0.3, -0.25) is 4.79 Å². The quantitative estimate of drug-likeness (QED) is 0.803.